The quantitative estimate of drug-likeness (QED) is 0.217. The Morgan fingerprint density at radius 1 is 1.00 bits per heavy atom. The predicted octanol–water partition coefficient (Wildman–Crippen LogP) is 5.25. The Bertz CT molecular complexity index is 1360. The summed E-state index contributed by atoms with van der Waals surface area (Å²) in [4.78, 5) is 14.9. The van der Waals surface area contributed by atoms with Crippen LogP contribution in [0.1, 0.15) is 38.1 Å². The minimum absolute atomic E-state index is 0.361. The van der Waals surface area contributed by atoms with Gasteiger partial charge in [0.25, 0.3) is 0 Å². The molecule has 0 saturated carbocycles. The molecule has 5 nitrogen and oxygen atoms in total. The third-order valence-corrected chi connectivity index (χ3v) is 6.40. The third kappa shape index (κ3) is 4.12. The fourth-order valence-electron chi connectivity index (χ4n) is 4.59. The summed E-state index contributed by atoms with van der Waals surface area (Å²) in [6, 6.07) is 22.1. The van der Waals surface area contributed by atoms with Gasteiger partial charge in [0, 0.05) is 53.0 Å². The molecule has 2 aromatic carbocycles. The molecule has 2 aliphatic rings. The lowest BCUT2D eigenvalue weighted by Crippen LogP contribution is -2.29. The number of hydrogen-bond acceptors (Lipinski definition) is 4. The van der Waals surface area contributed by atoms with Crippen molar-refractivity contribution >= 4 is 22.6 Å². The summed E-state index contributed by atoms with van der Waals surface area (Å²) < 4.78 is 13.9. The van der Waals surface area contributed by atoms with Gasteiger partial charge in [0.05, 0.1) is 13.2 Å². The van der Waals surface area contributed by atoms with Crippen LogP contribution < -0.4 is 14.8 Å². The van der Waals surface area contributed by atoms with Crippen molar-refractivity contribution in [3.8, 4) is 22.5 Å². The van der Waals surface area contributed by atoms with E-state index < -0.39 is 5.97 Å². The van der Waals surface area contributed by atoms with Crippen molar-refractivity contribution in [2.75, 3.05) is 38.2 Å². The summed E-state index contributed by atoms with van der Waals surface area (Å²) in [5.74, 6) is 0.334. The SMILES string of the molecule is CCN(CC)c1ccc2c(-c3ccc#cc3C(=O)OC)c3ccc(=[N+](CC)CC)cc-3oc2c1. The van der Waals surface area contributed by atoms with Crippen LogP contribution in [-0.4, -0.2) is 39.3 Å². The van der Waals surface area contributed by atoms with Crippen LogP contribution in [0.2, 0.25) is 0 Å². The summed E-state index contributed by atoms with van der Waals surface area (Å²) in [6.07, 6.45) is 0. The van der Waals surface area contributed by atoms with Crippen LogP contribution >= 0.6 is 0 Å². The number of ether oxygens (including phenoxy) is 1. The number of rotatable bonds is 7. The van der Waals surface area contributed by atoms with Gasteiger partial charge in [0.1, 0.15) is 30.0 Å². The maximum atomic E-state index is 12.6. The Morgan fingerprint density at radius 2 is 1.76 bits per heavy atom. The number of carbonyl (C=O) groups is 1. The van der Waals surface area contributed by atoms with E-state index in [0.717, 1.165) is 70.6 Å². The van der Waals surface area contributed by atoms with Gasteiger partial charge >= 0.3 is 5.97 Å². The third-order valence-electron chi connectivity index (χ3n) is 6.40. The zero-order valence-corrected chi connectivity index (χ0v) is 20.6. The van der Waals surface area contributed by atoms with E-state index in [-0.39, 0.29) is 0 Å². The number of carbonyl (C=O) groups excluding carboxylic acids is 1. The molecule has 0 unspecified atom stereocenters. The summed E-state index contributed by atoms with van der Waals surface area (Å²) in [7, 11) is 1.39. The molecular weight excluding hydrogens is 424 g/mol. The van der Waals surface area contributed by atoms with E-state index in [2.05, 4.69) is 85.7 Å². The van der Waals surface area contributed by atoms with E-state index in [4.69, 9.17) is 9.15 Å². The number of nitrogens with zero attached hydrogens (tertiary/aromatic N) is 2. The van der Waals surface area contributed by atoms with Crippen LogP contribution in [-0.2, 0) is 4.74 Å². The summed E-state index contributed by atoms with van der Waals surface area (Å²) in [5, 5.41) is 2.04. The number of fused-ring (bicyclic) bond motifs is 2. The highest BCUT2D eigenvalue weighted by Crippen LogP contribution is 2.41. The number of methoxy groups -OCH3 is 1. The molecule has 0 amide bonds. The van der Waals surface area contributed by atoms with E-state index >= 15 is 0 Å². The Labute approximate surface area is 201 Å². The largest absolute Gasteiger partial charge is 0.465 e. The first-order chi connectivity index (χ1) is 16.6. The maximum absolute atomic E-state index is 12.6. The molecule has 2 aromatic rings. The van der Waals surface area contributed by atoms with Crippen molar-refractivity contribution in [3.63, 3.8) is 0 Å². The minimum Gasteiger partial charge on any atom is -0.465 e. The molecule has 0 saturated heterocycles. The molecule has 0 N–H and O–H groups in total. The van der Waals surface area contributed by atoms with Gasteiger partial charge < -0.3 is 14.1 Å². The molecule has 0 spiro atoms. The van der Waals surface area contributed by atoms with Gasteiger partial charge in [-0.3, -0.25) is 0 Å². The van der Waals surface area contributed by atoms with Crippen molar-refractivity contribution in [2.45, 2.75) is 27.7 Å². The predicted molar refractivity (Wildman–Crippen MR) is 137 cm³/mol. The molecule has 5 heteroatoms. The number of benzene rings is 2. The average molecular weight is 456 g/mol. The van der Waals surface area contributed by atoms with Gasteiger partial charge in [-0.1, -0.05) is 12.1 Å². The van der Waals surface area contributed by atoms with Crippen LogP contribution in [0, 0.1) is 12.1 Å². The molecule has 1 aliphatic heterocycles. The highest BCUT2D eigenvalue weighted by Gasteiger charge is 2.23. The topological polar surface area (TPSA) is 45.7 Å². The van der Waals surface area contributed by atoms with E-state index in [1.807, 2.05) is 6.07 Å². The van der Waals surface area contributed by atoms with Crippen molar-refractivity contribution in [3.05, 3.63) is 71.6 Å². The molecule has 4 rings (SSSR count). The monoisotopic (exact) mass is 455 g/mol. The van der Waals surface area contributed by atoms with Gasteiger partial charge in [-0.15, -0.1) is 0 Å². The Hall–Kier alpha value is -3.78. The lowest BCUT2D eigenvalue weighted by molar-refractivity contribution is 0.0601. The second-order valence-corrected chi connectivity index (χ2v) is 8.07. The molecule has 174 valence electrons. The highest BCUT2D eigenvalue weighted by molar-refractivity contribution is 6.07. The zero-order valence-electron chi connectivity index (χ0n) is 20.6. The number of hydrogen-bond donors (Lipinski definition) is 0. The van der Waals surface area contributed by atoms with Crippen LogP contribution in [0.25, 0.3) is 33.4 Å². The fourth-order valence-corrected chi connectivity index (χ4v) is 4.59. The van der Waals surface area contributed by atoms with Crippen molar-refractivity contribution < 1.29 is 13.9 Å². The van der Waals surface area contributed by atoms with Crippen LogP contribution in [0.5, 0.6) is 0 Å². The Kier molecular flexibility index (Phi) is 6.88. The fraction of sp³-hybridized carbons (Fsp3) is 0.310. The Morgan fingerprint density at radius 3 is 2.44 bits per heavy atom. The summed E-state index contributed by atoms with van der Waals surface area (Å²) in [6.45, 7) is 12.2. The molecule has 0 fully saturated rings. The molecular formula is C29H31N2O3+. The van der Waals surface area contributed by atoms with Gasteiger partial charge in [0.15, 0.2) is 0 Å². The van der Waals surface area contributed by atoms with Crippen molar-refractivity contribution in [1.82, 2.24) is 4.58 Å². The highest BCUT2D eigenvalue weighted by atomic mass is 16.5. The van der Waals surface area contributed by atoms with E-state index in [1.165, 1.54) is 7.11 Å². The number of anilines is 1. The molecule has 1 aliphatic carbocycles. The lowest BCUT2D eigenvalue weighted by atomic mass is 9.91. The van der Waals surface area contributed by atoms with E-state index in [0.29, 0.717) is 5.56 Å². The van der Waals surface area contributed by atoms with Gasteiger partial charge in [-0.2, -0.15) is 0 Å². The molecule has 0 radical (unpaired) electrons. The van der Waals surface area contributed by atoms with Crippen LogP contribution in [0.3, 0.4) is 0 Å². The second-order valence-electron chi connectivity index (χ2n) is 8.07. The second kappa shape index (κ2) is 10.0. The molecule has 1 heterocycles. The van der Waals surface area contributed by atoms with Crippen LogP contribution in [0.15, 0.2) is 52.9 Å². The van der Waals surface area contributed by atoms with Gasteiger partial charge in [-0.05, 0) is 58.0 Å². The lowest BCUT2D eigenvalue weighted by Gasteiger charge is -2.22. The first kappa shape index (κ1) is 23.4. The van der Waals surface area contributed by atoms with Crippen molar-refractivity contribution in [1.29, 1.82) is 0 Å². The zero-order chi connectivity index (χ0) is 24.2. The van der Waals surface area contributed by atoms with Gasteiger partial charge in [-0.25, -0.2) is 9.37 Å². The summed E-state index contributed by atoms with van der Waals surface area (Å²) in [5.41, 5.74) is 4.85. The molecule has 34 heavy (non-hydrogen) atoms. The molecule has 0 atom stereocenters. The molecule has 0 bridgehead atoms. The Balaban J connectivity index is 2.13. The summed E-state index contributed by atoms with van der Waals surface area (Å²) >= 11 is 0. The van der Waals surface area contributed by atoms with Crippen LogP contribution in [0.4, 0.5) is 5.69 Å². The average Bonchev–Trinajstić information content (AvgIpc) is 2.88. The first-order valence-electron chi connectivity index (χ1n) is 11.9. The van der Waals surface area contributed by atoms with E-state index in [9.17, 15) is 4.79 Å². The van der Waals surface area contributed by atoms with Gasteiger partial charge in [0.2, 0.25) is 5.36 Å². The maximum Gasteiger partial charge on any atom is 0.347 e. The normalized spacial score (nSPS) is 10.9. The molecule has 0 aromatic heterocycles. The smallest absolute Gasteiger partial charge is 0.347 e. The van der Waals surface area contributed by atoms with E-state index in [1.54, 1.807) is 6.07 Å². The first-order valence-corrected chi connectivity index (χ1v) is 11.9. The minimum atomic E-state index is -0.437. The standard InChI is InChI=1S/C29H31N2O3/c1-6-30(7-2)20-14-16-24-26(18-20)34-27-19-21(31(8-3)9-4)15-17-25(27)28(24)22-12-10-11-13-23(22)29(32)33-5/h10,12,14-19H,6-9H2,1-5H3/q+1. The van der Waals surface area contributed by atoms with Crippen molar-refractivity contribution in [2.24, 2.45) is 0 Å². The number of esters is 1.